The van der Waals surface area contributed by atoms with E-state index in [-0.39, 0.29) is 18.7 Å². The summed E-state index contributed by atoms with van der Waals surface area (Å²) in [5.74, 6) is -1.30. The van der Waals surface area contributed by atoms with E-state index in [1.165, 1.54) is 24.6 Å². The topological polar surface area (TPSA) is 117 Å². The number of para-hydroxylation sites is 1. The summed E-state index contributed by atoms with van der Waals surface area (Å²) in [6.07, 6.45) is 2.68. The highest BCUT2D eigenvalue weighted by Gasteiger charge is 2.30. The summed E-state index contributed by atoms with van der Waals surface area (Å²) in [7, 11) is 0. The highest BCUT2D eigenvalue weighted by Crippen LogP contribution is 2.40. The van der Waals surface area contributed by atoms with Crippen molar-refractivity contribution in [1.82, 2.24) is 9.55 Å². The number of anilines is 1. The molecule has 1 N–H and O–H groups in total. The lowest BCUT2D eigenvalue weighted by molar-refractivity contribution is -0.153. The quantitative estimate of drug-likeness (QED) is 0.498. The average Bonchev–Trinajstić information content (AvgIpc) is 3.18. The highest BCUT2D eigenvalue weighted by molar-refractivity contribution is 7.17. The van der Waals surface area contributed by atoms with Crippen LogP contribution >= 0.6 is 11.3 Å². The number of hydrogen-bond acceptors (Lipinski definition) is 8. The van der Waals surface area contributed by atoms with E-state index in [0.717, 1.165) is 34.3 Å². The van der Waals surface area contributed by atoms with Gasteiger partial charge in [-0.25, -0.2) is 9.78 Å². The van der Waals surface area contributed by atoms with Crippen LogP contribution in [0.4, 0.5) is 5.00 Å². The van der Waals surface area contributed by atoms with Gasteiger partial charge in [0.15, 0.2) is 6.10 Å². The number of nitrogens with zero attached hydrogens (tertiary/aromatic N) is 2. The zero-order valence-electron chi connectivity index (χ0n) is 19.8. The number of carbonyl (C=O) groups is 3. The second-order valence-corrected chi connectivity index (χ2v) is 9.70. The predicted molar refractivity (Wildman–Crippen MR) is 132 cm³/mol. The Labute approximate surface area is 206 Å². The second kappa shape index (κ2) is 10.4. The first kappa shape index (κ1) is 24.6. The Bertz CT molecular complexity index is 1340. The van der Waals surface area contributed by atoms with Crippen LogP contribution in [-0.4, -0.2) is 40.1 Å². The molecule has 10 heteroatoms. The van der Waals surface area contributed by atoms with Crippen molar-refractivity contribution in [3.8, 4) is 0 Å². The minimum Gasteiger partial charge on any atom is -0.462 e. The van der Waals surface area contributed by atoms with Gasteiger partial charge < -0.3 is 14.8 Å². The van der Waals surface area contributed by atoms with Crippen LogP contribution in [0.25, 0.3) is 10.9 Å². The summed E-state index contributed by atoms with van der Waals surface area (Å²) < 4.78 is 11.6. The number of esters is 2. The molecule has 2 atom stereocenters. The largest absolute Gasteiger partial charge is 0.462 e. The van der Waals surface area contributed by atoms with Crippen molar-refractivity contribution >= 4 is 45.1 Å². The van der Waals surface area contributed by atoms with Crippen molar-refractivity contribution in [3.05, 3.63) is 57.0 Å². The number of ether oxygens (including phenoxy) is 2. The van der Waals surface area contributed by atoms with Crippen molar-refractivity contribution in [2.45, 2.75) is 52.7 Å². The molecule has 0 bridgehead atoms. The first-order valence-electron chi connectivity index (χ1n) is 11.5. The molecule has 2 aromatic heterocycles. The normalized spacial score (nSPS) is 15.8. The molecule has 0 aliphatic heterocycles. The second-order valence-electron chi connectivity index (χ2n) is 8.59. The Morgan fingerprint density at radius 3 is 2.83 bits per heavy atom. The molecule has 0 radical (unpaired) electrons. The Morgan fingerprint density at radius 1 is 1.29 bits per heavy atom. The Morgan fingerprint density at radius 2 is 2.06 bits per heavy atom. The van der Waals surface area contributed by atoms with E-state index in [0.29, 0.717) is 27.4 Å². The molecule has 3 aromatic rings. The van der Waals surface area contributed by atoms with Crippen LogP contribution in [0.1, 0.15) is 48.0 Å². The highest BCUT2D eigenvalue weighted by atomic mass is 32.1. The van der Waals surface area contributed by atoms with Crippen LogP contribution in [0, 0.1) is 5.92 Å². The van der Waals surface area contributed by atoms with Gasteiger partial charge in [0.05, 0.1) is 29.4 Å². The zero-order chi connectivity index (χ0) is 25.1. The van der Waals surface area contributed by atoms with E-state index in [9.17, 15) is 19.2 Å². The monoisotopic (exact) mass is 497 g/mol. The van der Waals surface area contributed by atoms with E-state index >= 15 is 0 Å². The zero-order valence-corrected chi connectivity index (χ0v) is 20.6. The maximum Gasteiger partial charge on any atom is 0.341 e. The van der Waals surface area contributed by atoms with Gasteiger partial charge in [-0.15, -0.1) is 11.3 Å². The van der Waals surface area contributed by atoms with E-state index in [2.05, 4.69) is 17.2 Å². The third-order valence-corrected chi connectivity index (χ3v) is 7.11. The number of hydrogen-bond donors (Lipinski definition) is 1. The minimum absolute atomic E-state index is 0.226. The summed E-state index contributed by atoms with van der Waals surface area (Å²) in [5, 5.41) is 3.54. The molecule has 35 heavy (non-hydrogen) atoms. The van der Waals surface area contributed by atoms with Gasteiger partial charge in [-0.3, -0.25) is 19.0 Å². The molecule has 1 aromatic carbocycles. The van der Waals surface area contributed by atoms with Gasteiger partial charge in [0.1, 0.15) is 11.5 Å². The standard InChI is InChI=1S/C25H27N3O6S/c1-4-33-25(32)21-17-10-9-14(2)11-19(17)35-23(21)27-22(30)15(3)34-20(29)12-28-13-26-18-8-6-5-7-16(18)24(28)31/h5-8,13-15H,4,9-12H2,1-3H3,(H,27,30). The molecule has 1 aliphatic rings. The predicted octanol–water partition coefficient (Wildman–Crippen LogP) is 3.33. The molecule has 2 heterocycles. The fourth-order valence-corrected chi connectivity index (χ4v) is 5.52. The third-order valence-electron chi connectivity index (χ3n) is 5.94. The SMILES string of the molecule is CCOC(=O)c1c(NC(=O)C(C)OC(=O)Cn2cnc3ccccc3c2=O)sc2c1CCC(C)C2. The van der Waals surface area contributed by atoms with Gasteiger partial charge in [-0.05, 0) is 56.7 Å². The molecule has 0 saturated heterocycles. The molecule has 184 valence electrons. The fraction of sp³-hybridized carbons (Fsp3) is 0.400. The summed E-state index contributed by atoms with van der Waals surface area (Å²) in [4.78, 5) is 55.8. The number of carbonyl (C=O) groups excluding carboxylic acids is 3. The Hall–Kier alpha value is -3.53. The summed E-state index contributed by atoms with van der Waals surface area (Å²) >= 11 is 1.36. The number of thiophene rings is 1. The van der Waals surface area contributed by atoms with Gasteiger partial charge in [-0.2, -0.15) is 0 Å². The number of nitrogens with one attached hydrogen (secondary N) is 1. The van der Waals surface area contributed by atoms with E-state index < -0.39 is 23.9 Å². The summed E-state index contributed by atoms with van der Waals surface area (Å²) in [5.41, 5.74) is 1.47. The molecule has 4 rings (SSSR count). The molecule has 2 unspecified atom stereocenters. The minimum atomic E-state index is -1.14. The van der Waals surface area contributed by atoms with E-state index in [4.69, 9.17) is 9.47 Å². The van der Waals surface area contributed by atoms with Crippen molar-refractivity contribution < 1.29 is 23.9 Å². The molecule has 0 spiro atoms. The molecule has 9 nitrogen and oxygen atoms in total. The first-order chi connectivity index (χ1) is 16.8. The number of rotatable bonds is 7. The van der Waals surface area contributed by atoms with Crippen LogP contribution in [0.5, 0.6) is 0 Å². The lowest BCUT2D eigenvalue weighted by atomic mass is 9.88. The first-order valence-corrected chi connectivity index (χ1v) is 12.4. The maximum absolute atomic E-state index is 12.8. The lowest BCUT2D eigenvalue weighted by Crippen LogP contribution is -2.33. The summed E-state index contributed by atoms with van der Waals surface area (Å²) in [6.45, 7) is 5.17. The van der Waals surface area contributed by atoms with Crippen LogP contribution in [0.15, 0.2) is 35.4 Å². The average molecular weight is 498 g/mol. The van der Waals surface area contributed by atoms with Crippen molar-refractivity contribution in [1.29, 1.82) is 0 Å². The number of benzene rings is 1. The van der Waals surface area contributed by atoms with Gasteiger partial charge in [0.2, 0.25) is 0 Å². The molecule has 0 fully saturated rings. The lowest BCUT2D eigenvalue weighted by Gasteiger charge is -2.18. The van der Waals surface area contributed by atoms with Crippen molar-refractivity contribution in [2.24, 2.45) is 5.92 Å². The molecular weight excluding hydrogens is 470 g/mol. The Balaban J connectivity index is 1.46. The molecule has 1 aliphatic carbocycles. The Kier molecular flexibility index (Phi) is 7.30. The van der Waals surface area contributed by atoms with Crippen LogP contribution in [-0.2, 0) is 38.4 Å². The van der Waals surface area contributed by atoms with Crippen LogP contribution < -0.4 is 10.9 Å². The van der Waals surface area contributed by atoms with E-state index in [1.54, 1.807) is 31.2 Å². The number of aromatic nitrogens is 2. The van der Waals surface area contributed by atoms with Crippen LogP contribution in [0.3, 0.4) is 0 Å². The van der Waals surface area contributed by atoms with Gasteiger partial charge in [0.25, 0.3) is 11.5 Å². The number of amides is 1. The molecular formula is C25H27N3O6S. The van der Waals surface area contributed by atoms with Crippen molar-refractivity contribution in [3.63, 3.8) is 0 Å². The van der Waals surface area contributed by atoms with Gasteiger partial charge >= 0.3 is 11.9 Å². The molecule has 0 saturated carbocycles. The summed E-state index contributed by atoms with van der Waals surface area (Å²) in [6, 6.07) is 6.82. The third kappa shape index (κ3) is 5.27. The smallest absolute Gasteiger partial charge is 0.341 e. The maximum atomic E-state index is 12.8. The van der Waals surface area contributed by atoms with E-state index in [1.807, 2.05) is 0 Å². The molecule has 1 amide bonds. The van der Waals surface area contributed by atoms with Gasteiger partial charge in [-0.1, -0.05) is 19.1 Å². The van der Waals surface area contributed by atoms with Crippen molar-refractivity contribution in [2.75, 3.05) is 11.9 Å². The number of fused-ring (bicyclic) bond motifs is 2. The van der Waals surface area contributed by atoms with Gasteiger partial charge in [0, 0.05) is 4.88 Å². The van der Waals surface area contributed by atoms with Crippen LogP contribution in [0.2, 0.25) is 0 Å². The fourth-order valence-electron chi connectivity index (χ4n) is 4.12.